The lowest BCUT2D eigenvalue weighted by Gasteiger charge is -2.12. The molecule has 0 radical (unpaired) electrons. The van der Waals surface area contributed by atoms with Gasteiger partial charge in [0.2, 0.25) is 0 Å². The van der Waals surface area contributed by atoms with E-state index >= 15 is 0 Å². The first-order chi connectivity index (χ1) is 20.7. The van der Waals surface area contributed by atoms with E-state index in [0.717, 1.165) is 77.6 Å². The lowest BCUT2D eigenvalue weighted by atomic mass is 10.0. The standard InChI is InChI=1S/C37H24N4O/c1-23-20-26-14-16-31(40-34(26)36-29(23)12-6-18-38-36)24-8-5-9-25(21-24)32-17-15-27-22-33(42-28-10-3-2-4-11-28)30-13-7-19-39-37(30)35(27)41-32/h2-22H,1H3. The number of nitrogens with zero attached hydrogens (tertiary/aromatic N) is 4. The van der Waals surface area contributed by atoms with E-state index in [-0.39, 0.29) is 0 Å². The van der Waals surface area contributed by atoms with Crippen LogP contribution < -0.4 is 4.74 Å². The molecule has 0 aliphatic rings. The molecule has 8 aromatic rings. The van der Waals surface area contributed by atoms with Gasteiger partial charge in [0.15, 0.2) is 0 Å². The Bertz CT molecular complexity index is 2300. The maximum atomic E-state index is 6.26. The maximum Gasteiger partial charge on any atom is 0.137 e. The molecule has 0 aliphatic carbocycles. The minimum atomic E-state index is 0.757. The van der Waals surface area contributed by atoms with Gasteiger partial charge in [-0.25, -0.2) is 9.97 Å². The molecule has 0 unspecified atom stereocenters. The highest BCUT2D eigenvalue weighted by Crippen LogP contribution is 2.36. The number of para-hydroxylation sites is 1. The summed E-state index contributed by atoms with van der Waals surface area (Å²) in [6.45, 7) is 2.12. The highest BCUT2D eigenvalue weighted by molar-refractivity contribution is 6.07. The molecule has 0 saturated carbocycles. The van der Waals surface area contributed by atoms with Crippen molar-refractivity contribution in [1.82, 2.24) is 19.9 Å². The molecule has 5 nitrogen and oxygen atoms in total. The molecule has 0 N–H and O–H groups in total. The van der Waals surface area contributed by atoms with E-state index in [0.29, 0.717) is 0 Å². The van der Waals surface area contributed by atoms with E-state index in [9.17, 15) is 0 Å². The number of ether oxygens (including phenoxy) is 1. The number of aryl methyl sites for hydroxylation is 1. The number of rotatable bonds is 4. The van der Waals surface area contributed by atoms with Gasteiger partial charge in [-0.15, -0.1) is 0 Å². The predicted octanol–water partition coefficient (Wildman–Crippen LogP) is 9.31. The molecule has 8 rings (SSSR count). The fourth-order valence-electron chi connectivity index (χ4n) is 5.65. The van der Waals surface area contributed by atoms with Crippen LogP contribution in [0, 0.1) is 6.92 Å². The van der Waals surface area contributed by atoms with Gasteiger partial charge in [0, 0.05) is 45.1 Å². The molecule has 0 aliphatic heterocycles. The van der Waals surface area contributed by atoms with Crippen molar-refractivity contribution in [3.63, 3.8) is 0 Å². The Balaban J connectivity index is 1.23. The Morgan fingerprint density at radius 3 is 1.81 bits per heavy atom. The van der Waals surface area contributed by atoms with Crippen LogP contribution >= 0.6 is 0 Å². The van der Waals surface area contributed by atoms with E-state index in [1.54, 1.807) is 6.20 Å². The van der Waals surface area contributed by atoms with Crippen LogP contribution in [0.4, 0.5) is 0 Å². The van der Waals surface area contributed by atoms with E-state index in [2.05, 4.69) is 72.6 Å². The summed E-state index contributed by atoms with van der Waals surface area (Å²) < 4.78 is 6.26. The number of hydrogen-bond donors (Lipinski definition) is 0. The van der Waals surface area contributed by atoms with Crippen LogP contribution in [0.15, 0.2) is 128 Å². The van der Waals surface area contributed by atoms with Crippen LogP contribution in [0.1, 0.15) is 5.56 Å². The summed E-state index contributed by atoms with van der Waals surface area (Å²) in [4.78, 5) is 19.6. The van der Waals surface area contributed by atoms with Crippen molar-refractivity contribution < 1.29 is 4.74 Å². The summed E-state index contributed by atoms with van der Waals surface area (Å²) >= 11 is 0. The second-order valence-corrected chi connectivity index (χ2v) is 10.4. The minimum Gasteiger partial charge on any atom is -0.457 e. The smallest absolute Gasteiger partial charge is 0.137 e. The zero-order valence-corrected chi connectivity index (χ0v) is 22.8. The summed E-state index contributed by atoms with van der Waals surface area (Å²) in [6, 6.07) is 38.8. The van der Waals surface area contributed by atoms with Gasteiger partial charge in [-0.05, 0) is 73.2 Å². The number of hydrogen-bond acceptors (Lipinski definition) is 5. The van der Waals surface area contributed by atoms with Gasteiger partial charge in [-0.1, -0.05) is 54.6 Å². The Kier molecular flexibility index (Phi) is 5.61. The zero-order valence-electron chi connectivity index (χ0n) is 22.8. The monoisotopic (exact) mass is 540 g/mol. The van der Waals surface area contributed by atoms with Gasteiger partial charge in [0.05, 0.1) is 27.9 Å². The molecule has 4 aromatic heterocycles. The van der Waals surface area contributed by atoms with Crippen LogP contribution in [-0.2, 0) is 0 Å². The van der Waals surface area contributed by atoms with Gasteiger partial charge in [-0.3, -0.25) is 9.97 Å². The van der Waals surface area contributed by atoms with Crippen molar-refractivity contribution >= 4 is 43.6 Å². The SMILES string of the molecule is Cc1cc2ccc(-c3cccc(-c4ccc5cc(Oc6ccccc6)c6cccnc6c5n4)c3)nc2c2ncccc12. The molecule has 0 saturated heterocycles. The van der Waals surface area contributed by atoms with Crippen molar-refractivity contribution in [3.05, 3.63) is 133 Å². The van der Waals surface area contributed by atoms with E-state index in [4.69, 9.17) is 19.7 Å². The van der Waals surface area contributed by atoms with E-state index in [1.165, 1.54) is 5.56 Å². The van der Waals surface area contributed by atoms with Crippen LogP contribution in [0.3, 0.4) is 0 Å². The molecule has 0 spiro atoms. The van der Waals surface area contributed by atoms with E-state index in [1.807, 2.05) is 60.8 Å². The summed E-state index contributed by atoms with van der Waals surface area (Å²) in [5.74, 6) is 1.54. The molecule has 0 bridgehead atoms. The summed E-state index contributed by atoms with van der Waals surface area (Å²) in [7, 11) is 0. The molecule has 0 fully saturated rings. The molecule has 4 aromatic carbocycles. The van der Waals surface area contributed by atoms with E-state index < -0.39 is 0 Å². The van der Waals surface area contributed by atoms with Crippen LogP contribution in [-0.4, -0.2) is 19.9 Å². The van der Waals surface area contributed by atoms with Crippen molar-refractivity contribution in [3.8, 4) is 34.0 Å². The first-order valence-corrected chi connectivity index (χ1v) is 13.9. The maximum absolute atomic E-state index is 6.26. The van der Waals surface area contributed by atoms with Crippen LogP contribution in [0.2, 0.25) is 0 Å². The quantitative estimate of drug-likeness (QED) is 0.208. The fraction of sp³-hybridized carbons (Fsp3) is 0.0270. The third-order valence-electron chi connectivity index (χ3n) is 7.69. The summed E-state index contributed by atoms with van der Waals surface area (Å²) in [5.41, 5.74) is 8.49. The molecule has 198 valence electrons. The number of benzene rings is 4. The largest absolute Gasteiger partial charge is 0.457 e. The highest BCUT2D eigenvalue weighted by atomic mass is 16.5. The Morgan fingerprint density at radius 1 is 0.500 bits per heavy atom. The van der Waals surface area contributed by atoms with Crippen LogP contribution in [0.25, 0.3) is 66.1 Å². The van der Waals surface area contributed by atoms with Crippen molar-refractivity contribution in [2.75, 3.05) is 0 Å². The third kappa shape index (κ3) is 4.11. The van der Waals surface area contributed by atoms with Crippen molar-refractivity contribution in [2.45, 2.75) is 6.92 Å². The second-order valence-electron chi connectivity index (χ2n) is 10.4. The van der Waals surface area contributed by atoms with Gasteiger partial charge in [0.1, 0.15) is 17.0 Å². The fourth-order valence-corrected chi connectivity index (χ4v) is 5.65. The normalized spacial score (nSPS) is 11.5. The number of aromatic nitrogens is 4. The lowest BCUT2D eigenvalue weighted by Crippen LogP contribution is -1.93. The average molecular weight is 541 g/mol. The Morgan fingerprint density at radius 2 is 1.12 bits per heavy atom. The number of pyridine rings is 4. The highest BCUT2D eigenvalue weighted by Gasteiger charge is 2.13. The van der Waals surface area contributed by atoms with Crippen molar-refractivity contribution in [2.24, 2.45) is 0 Å². The second kappa shape index (κ2) is 9.75. The Labute approximate surface area is 242 Å². The van der Waals surface area contributed by atoms with Gasteiger partial charge >= 0.3 is 0 Å². The van der Waals surface area contributed by atoms with Crippen LogP contribution in [0.5, 0.6) is 11.5 Å². The first kappa shape index (κ1) is 24.1. The Hall–Kier alpha value is -5.68. The number of fused-ring (bicyclic) bond motifs is 6. The topological polar surface area (TPSA) is 60.8 Å². The molecular weight excluding hydrogens is 516 g/mol. The van der Waals surface area contributed by atoms with Gasteiger partial charge in [-0.2, -0.15) is 0 Å². The molecule has 0 amide bonds. The van der Waals surface area contributed by atoms with Crippen molar-refractivity contribution in [1.29, 1.82) is 0 Å². The lowest BCUT2D eigenvalue weighted by molar-refractivity contribution is 0.489. The zero-order chi connectivity index (χ0) is 28.0. The first-order valence-electron chi connectivity index (χ1n) is 13.9. The molecule has 4 heterocycles. The average Bonchev–Trinajstić information content (AvgIpc) is 3.05. The van der Waals surface area contributed by atoms with Gasteiger partial charge < -0.3 is 4.74 Å². The third-order valence-corrected chi connectivity index (χ3v) is 7.69. The molecular formula is C37H24N4O. The molecule has 0 atom stereocenters. The molecule has 42 heavy (non-hydrogen) atoms. The predicted molar refractivity (Wildman–Crippen MR) is 170 cm³/mol. The molecule has 5 heteroatoms. The summed E-state index contributed by atoms with van der Waals surface area (Å²) in [6.07, 6.45) is 3.63. The van der Waals surface area contributed by atoms with Gasteiger partial charge in [0.25, 0.3) is 0 Å². The minimum absolute atomic E-state index is 0.757. The summed E-state index contributed by atoms with van der Waals surface area (Å²) in [5, 5.41) is 4.10.